The highest BCUT2D eigenvalue weighted by Crippen LogP contribution is 2.49. The van der Waals surface area contributed by atoms with E-state index in [1.54, 1.807) is 0 Å². The van der Waals surface area contributed by atoms with E-state index in [9.17, 15) is 0 Å². The van der Waals surface area contributed by atoms with Crippen molar-refractivity contribution in [2.24, 2.45) is 0 Å². The number of benzene rings is 3. The third-order valence-corrected chi connectivity index (χ3v) is 11.2. The maximum absolute atomic E-state index is 6.85. The second kappa shape index (κ2) is 7.09. The smallest absolute Gasteiger partial charge is 0.144 e. The van der Waals surface area contributed by atoms with Crippen LogP contribution in [0.15, 0.2) is 54.6 Å². The average Bonchev–Trinajstić information content (AvgIpc) is 3.11. The number of nitrogens with zero attached hydrogens (tertiary/aromatic N) is 2. The first-order valence-corrected chi connectivity index (χ1v) is 14.8. The van der Waals surface area contributed by atoms with Gasteiger partial charge < -0.3 is 14.5 Å². The molecule has 31 heavy (non-hydrogen) atoms. The first kappa shape index (κ1) is 21.0. The summed E-state index contributed by atoms with van der Waals surface area (Å²) < 4.78 is 8.10. The van der Waals surface area contributed by atoms with Gasteiger partial charge in [0.15, 0.2) is 0 Å². The standard InChI is InChI=1S/C26H29IN2OSi/c1-28(2)19-8-11-22-24(14-19)31(5,6)25-15-20(29(3)4)9-12-23(25)26(22)21-10-7-18(27)13-17(21)16-30-26/h7-15H,16H2,1-6H3. The van der Waals surface area contributed by atoms with Crippen LogP contribution in [0.1, 0.15) is 22.3 Å². The van der Waals surface area contributed by atoms with Crippen LogP contribution in [-0.4, -0.2) is 36.3 Å². The Balaban J connectivity index is 1.88. The van der Waals surface area contributed by atoms with Gasteiger partial charge in [0, 0.05) is 43.1 Å². The van der Waals surface area contributed by atoms with Crippen molar-refractivity contribution in [1.29, 1.82) is 0 Å². The van der Waals surface area contributed by atoms with Gasteiger partial charge in [0.05, 0.1) is 6.61 Å². The van der Waals surface area contributed by atoms with Crippen LogP contribution >= 0.6 is 22.6 Å². The highest BCUT2D eigenvalue weighted by molar-refractivity contribution is 14.1. The molecule has 0 unspecified atom stereocenters. The summed E-state index contributed by atoms with van der Waals surface area (Å²) in [7, 11) is 6.54. The van der Waals surface area contributed by atoms with Crippen LogP contribution in [-0.2, 0) is 16.9 Å². The lowest BCUT2D eigenvalue weighted by Gasteiger charge is -2.45. The summed E-state index contributed by atoms with van der Waals surface area (Å²) >= 11 is 2.40. The Labute approximate surface area is 200 Å². The van der Waals surface area contributed by atoms with Crippen molar-refractivity contribution in [3.8, 4) is 0 Å². The van der Waals surface area contributed by atoms with Crippen LogP contribution in [0.4, 0.5) is 11.4 Å². The van der Waals surface area contributed by atoms with Crippen LogP contribution < -0.4 is 20.2 Å². The summed E-state index contributed by atoms with van der Waals surface area (Å²) in [5.41, 5.74) is 7.25. The molecule has 5 heteroatoms. The monoisotopic (exact) mass is 540 g/mol. The van der Waals surface area contributed by atoms with E-state index in [-0.39, 0.29) is 0 Å². The molecule has 3 aromatic rings. The van der Waals surface area contributed by atoms with E-state index < -0.39 is 13.7 Å². The predicted octanol–water partition coefficient (Wildman–Crippen LogP) is 4.38. The molecule has 0 aromatic heterocycles. The molecule has 0 amide bonds. The van der Waals surface area contributed by atoms with E-state index in [0.29, 0.717) is 6.61 Å². The topological polar surface area (TPSA) is 15.7 Å². The zero-order valence-electron chi connectivity index (χ0n) is 19.1. The second-order valence-corrected chi connectivity index (χ2v) is 15.2. The van der Waals surface area contributed by atoms with Gasteiger partial charge in [0.25, 0.3) is 0 Å². The second-order valence-electron chi connectivity index (χ2n) is 9.64. The lowest BCUT2D eigenvalue weighted by atomic mass is 9.79. The normalized spacial score (nSPS) is 17.1. The molecule has 0 saturated heterocycles. The van der Waals surface area contributed by atoms with Gasteiger partial charge in [-0.25, -0.2) is 0 Å². The number of hydrogen-bond donors (Lipinski definition) is 0. The van der Waals surface area contributed by atoms with Crippen LogP contribution in [0.3, 0.4) is 0 Å². The quantitative estimate of drug-likeness (QED) is 0.355. The van der Waals surface area contributed by atoms with E-state index in [1.165, 1.54) is 47.6 Å². The Bertz CT molecular complexity index is 1140. The van der Waals surface area contributed by atoms with E-state index in [4.69, 9.17) is 4.74 Å². The fourth-order valence-corrected chi connectivity index (χ4v) is 9.02. The minimum Gasteiger partial charge on any atom is -0.378 e. The molecule has 2 heterocycles. The fraction of sp³-hybridized carbons (Fsp3) is 0.308. The Kier molecular flexibility index (Phi) is 4.81. The van der Waals surface area contributed by atoms with Gasteiger partial charge in [-0.3, -0.25) is 0 Å². The van der Waals surface area contributed by atoms with Crippen molar-refractivity contribution < 1.29 is 4.74 Å². The van der Waals surface area contributed by atoms with E-state index in [2.05, 4.69) is 128 Å². The summed E-state index contributed by atoms with van der Waals surface area (Å²) in [6, 6.07) is 20.8. The van der Waals surface area contributed by atoms with Crippen molar-refractivity contribution >= 4 is 52.4 Å². The molecule has 3 nitrogen and oxygen atoms in total. The minimum atomic E-state index is -1.95. The summed E-state index contributed by atoms with van der Waals surface area (Å²) in [6.07, 6.45) is 0. The van der Waals surface area contributed by atoms with Gasteiger partial charge in [0.1, 0.15) is 13.7 Å². The first-order chi connectivity index (χ1) is 14.7. The van der Waals surface area contributed by atoms with Gasteiger partial charge in [0.2, 0.25) is 0 Å². The predicted molar refractivity (Wildman–Crippen MR) is 142 cm³/mol. The maximum atomic E-state index is 6.85. The van der Waals surface area contributed by atoms with Crippen molar-refractivity contribution in [2.45, 2.75) is 25.3 Å². The zero-order chi connectivity index (χ0) is 22.1. The zero-order valence-corrected chi connectivity index (χ0v) is 22.2. The van der Waals surface area contributed by atoms with Gasteiger partial charge >= 0.3 is 0 Å². The number of rotatable bonds is 2. The highest BCUT2D eigenvalue weighted by atomic mass is 127. The summed E-state index contributed by atoms with van der Waals surface area (Å²) in [5.74, 6) is 0. The summed E-state index contributed by atoms with van der Waals surface area (Å²) in [6.45, 7) is 5.62. The molecule has 0 N–H and O–H groups in total. The number of anilines is 2. The molecule has 1 spiro atoms. The van der Waals surface area contributed by atoms with Crippen LogP contribution in [0, 0.1) is 3.57 Å². The molecule has 0 radical (unpaired) electrons. The molecule has 0 bridgehead atoms. The molecule has 0 saturated carbocycles. The first-order valence-electron chi connectivity index (χ1n) is 10.7. The molecule has 160 valence electrons. The Morgan fingerprint density at radius 2 is 1.29 bits per heavy atom. The summed E-state index contributed by atoms with van der Waals surface area (Å²) in [4.78, 5) is 4.41. The molecule has 2 aliphatic heterocycles. The maximum Gasteiger partial charge on any atom is 0.144 e. The number of hydrogen-bond acceptors (Lipinski definition) is 3. The van der Waals surface area contributed by atoms with Crippen molar-refractivity contribution in [2.75, 3.05) is 38.0 Å². The molecular formula is C26H29IN2OSi. The van der Waals surface area contributed by atoms with Gasteiger partial charge in [-0.05, 0) is 91.6 Å². The van der Waals surface area contributed by atoms with E-state index in [1.807, 2.05) is 0 Å². The highest BCUT2D eigenvalue weighted by Gasteiger charge is 2.52. The molecule has 2 aliphatic rings. The summed E-state index contributed by atoms with van der Waals surface area (Å²) in [5, 5.41) is 2.96. The third kappa shape index (κ3) is 2.93. The fourth-order valence-electron chi connectivity index (χ4n) is 5.29. The van der Waals surface area contributed by atoms with E-state index >= 15 is 0 Å². The van der Waals surface area contributed by atoms with Crippen LogP contribution in [0.25, 0.3) is 0 Å². The third-order valence-electron chi connectivity index (χ3n) is 7.04. The Morgan fingerprint density at radius 1 is 0.774 bits per heavy atom. The van der Waals surface area contributed by atoms with Crippen LogP contribution in [0.2, 0.25) is 13.1 Å². The van der Waals surface area contributed by atoms with E-state index in [0.717, 1.165) is 0 Å². The average molecular weight is 541 g/mol. The van der Waals surface area contributed by atoms with Gasteiger partial charge in [-0.15, -0.1) is 0 Å². The lowest BCUT2D eigenvalue weighted by Crippen LogP contribution is -2.63. The largest absolute Gasteiger partial charge is 0.378 e. The van der Waals surface area contributed by atoms with Gasteiger partial charge in [-0.1, -0.05) is 31.3 Å². The molecule has 0 fully saturated rings. The lowest BCUT2D eigenvalue weighted by molar-refractivity contribution is 0.0276. The SMILES string of the molecule is CN(C)c1ccc2c(c1)[Si](C)(C)c1cc(N(C)C)ccc1C21OCc2cc(I)ccc21. The van der Waals surface area contributed by atoms with Crippen LogP contribution in [0.5, 0.6) is 0 Å². The molecule has 3 aromatic carbocycles. The van der Waals surface area contributed by atoms with Crippen molar-refractivity contribution in [3.05, 3.63) is 80.4 Å². The molecular weight excluding hydrogens is 511 g/mol. The van der Waals surface area contributed by atoms with Crippen molar-refractivity contribution in [3.63, 3.8) is 0 Å². The number of fused-ring (bicyclic) bond motifs is 6. The number of halogens is 1. The molecule has 0 atom stereocenters. The van der Waals surface area contributed by atoms with Crippen molar-refractivity contribution in [1.82, 2.24) is 0 Å². The molecule has 0 aliphatic carbocycles. The van der Waals surface area contributed by atoms with Gasteiger partial charge in [-0.2, -0.15) is 0 Å². The molecule has 5 rings (SSSR count). The Morgan fingerprint density at radius 3 is 1.81 bits per heavy atom. The Hall–Kier alpha value is -1.83. The minimum absolute atomic E-state index is 0.525. The number of ether oxygens (including phenoxy) is 1.